The SMILES string of the molecule is CC(C)(O)O[C@@H]1CC(=O)Cc2cc3c(cc2CNC(=O)C1)OCO3. The fourth-order valence-electron chi connectivity index (χ4n) is 2.93. The van der Waals surface area contributed by atoms with Gasteiger partial charge >= 0.3 is 0 Å². The average molecular weight is 335 g/mol. The van der Waals surface area contributed by atoms with Crippen LogP contribution in [-0.2, 0) is 27.3 Å². The average Bonchev–Trinajstić information content (AvgIpc) is 2.89. The van der Waals surface area contributed by atoms with Gasteiger partial charge in [0.2, 0.25) is 12.7 Å². The maximum absolute atomic E-state index is 12.4. The van der Waals surface area contributed by atoms with E-state index in [0.717, 1.165) is 11.1 Å². The van der Waals surface area contributed by atoms with Gasteiger partial charge in [0.1, 0.15) is 5.78 Å². The number of rotatable bonds is 2. The summed E-state index contributed by atoms with van der Waals surface area (Å²) in [7, 11) is 0. The van der Waals surface area contributed by atoms with Gasteiger partial charge in [-0.05, 0) is 37.1 Å². The third-order valence-corrected chi connectivity index (χ3v) is 3.88. The number of ether oxygens (including phenoxy) is 3. The Morgan fingerprint density at radius 3 is 2.50 bits per heavy atom. The highest BCUT2D eigenvalue weighted by Crippen LogP contribution is 2.35. The van der Waals surface area contributed by atoms with Gasteiger partial charge in [0.25, 0.3) is 0 Å². The first-order valence-electron chi connectivity index (χ1n) is 7.90. The Kier molecular flexibility index (Phi) is 4.47. The summed E-state index contributed by atoms with van der Waals surface area (Å²) in [5, 5.41) is 12.6. The summed E-state index contributed by atoms with van der Waals surface area (Å²) < 4.78 is 16.2. The zero-order chi connectivity index (χ0) is 17.3. The summed E-state index contributed by atoms with van der Waals surface area (Å²) in [5.41, 5.74) is 1.64. The van der Waals surface area contributed by atoms with Crippen LogP contribution in [0.4, 0.5) is 0 Å². The quantitative estimate of drug-likeness (QED) is 0.785. The number of fused-ring (bicyclic) bond motifs is 2. The van der Waals surface area contributed by atoms with E-state index in [2.05, 4.69) is 5.32 Å². The Morgan fingerprint density at radius 1 is 1.17 bits per heavy atom. The molecular formula is C17H21NO6. The van der Waals surface area contributed by atoms with Crippen molar-refractivity contribution in [1.29, 1.82) is 0 Å². The summed E-state index contributed by atoms with van der Waals surface area (Å²) in [4.78, 5) is 24.5. The molecule has 0 saturated carbocycles. The van der Waals surface area contributed by atoms with Crippen LogP contribution in [0.15, 0.2) is 12.1 Å². The van der Waals surface area contributed by atoms with Crippen molar-refractivity contribution >= 4 is 11.7 Å². The van der Waals surface area contributed by atoms with Crippen LogP contribution in [0.25, 0.3) is 0 Å². The van der Waals surface area contributed by atoms with Gasteiger partial charge in [0.15, 0.2) is 17.3 Å². The molecule has 0 fully saturated rings. The van der Waals surface area contributed by atoms with Crippen molar-refractivity contribution in [3.8, 4) is 11.5 Å². The highest BCUT2D eigenvalue weighted by molar-refractivity contribution is 5.84. The number of benzene rings is 1. The molecule has 0 aliphatic carbocycles. The molecule has 1 atom stereocenters. The largest absolute Gasteiger partial charge is 0.454 e. The van der Waals surface area contributed by atoms with Crippen LogP contribution < -0.4 is 14.8 Å². The van der Waals surface area contributed by atoms with Gasteiger partial charge in [0, 0.05) is 19.4 Å². The number of hydrogen-bond donors (Lipinski definition) is 2. The number of carbonyl (C=O) groups excluding carboxylic acids is 2. The first-order chi connectivity index (χ1) is 11.3. The van der Waals surface area contributed by atoms with E-state index in [9.17, 15) is 14.7 Å². The van der Waals surface area contributed by atoms with Crippen LogP contribution in [0, 0.1) is 0 Å². The van der Waals surface area contributed by atoms with E-state index in [1.807, 2.05) is 0 Å². The summed E-state index contributed by atoms with van der Waals surface area (Å²) in [6.07, 6.45) is -0.359. The number of carbonyl (C=O) groups is 2. The highest BCUT2D eigenvalue weighted by atomic mass is 16.7. The van der Waals surface area contributed by atoms with E-state index in [1.54, 1.807) is 12.1 Å². The Bertz CT molecular complexity index is 664. The minimum absolute atomic E-state index is 0.0234. The lowest BCUT2D eigenvalue weighted by Crippen LogP contribution is -2.37. The van der Waals surface area contributed by atoms with Crippen molar-refractivity contribution in [3.05, 3.63) is 23.3 Å². The van der Waals surface area contributed by atoms with Crippen molar-refractivity contribution in [2.24, 2.45) is 0 Å². The molecule has 24 heavy (non-hydrogen) atoms. The molecule has 0 aromatic heterocycles. The lowest BCUT2D eigenvalue weighted by molar-refractivity contribution is -0.207. The topological polar surface area (TPSA) is 94.1 Å². The molecule has 2 heterocycles. The predicted octanol–water partition coefficient (Wildman–Crippen LogP) is 1.05. The third kappa shape index (κ3) is 4.04. The Hall–Kier alpha value is -2.12. The molecule has 1 aromatic carbocycles. The number of aliphatic hydroxyl groups is 1. The van der Waals surface area contributed by atoms with Gasteiger partial charge < -0.3 is 24.6 Å². The first kappa shape index (κ1) is 16.7. The normalized spacial score (nSPS) is 21.2. The molecule has 2 aliphatic heterocycles. The second kappa shape index (κ2) is 6.41. The van der Waals surface area contributed by atoms with Gasteiger partial charge in [-0.15, -0.1) is 0 Å². The van der Waals surface area contributed by atoms with Gasteiger partial charge in [-0.2, -0.15) is 0 Å². The van der Waals surface area contributed by atoms with Crippen LogP contribution >= 0.6 is 0 Å². The van der Waals surface area contributed by atoms with Crippen LogP contribution in [0.1, 0.15) is 37.8 Å². The maximum Gasteiger partial charge on any atom is 0.231 e. The minimum atomic E-state index is -1.40. The highest BCUT2D eigenvalue weighted by Gasteiger charge is 2.27. The van der Waals surface area contributed by atoms with Gasteiger partial charge in [0.05, 0.1) is 12.5 Å². The first-order valence-corrected chi connectivity index (χ1v) is 7.90. The molecule has 2 N–H and O–H groups in total. The second-order valence-electron chi connectivity index (χ2n) is 6.56. The molecule has 2 aliphatic rings. The van der Waals surface area contributed by atoms with Crippen molar-refractivity contribution in [1.82, 2.24) is 5.32 Å². The van der Waals surface area contributed by atoms with Crippen LogP contribution in [0.5, 0.6) is 11.5 Å². The molecule has 7 heteroatoms. The minimum Gasteiger partial charge on any atom is -0.454 e. The fourth-order valence-corrected chi connectivity index (χ4v) is 2.93. The molecule has 0 saturated heterocycles. The zero-order valence-electron chi connectivity index (χ0n) is 13.8. The van der Waals surface area contributed by atoms with Gasteiger partial charge in [-0.25, -0.2) is 0 Å². The summed E-state index contributed by atoms with van der Waals surface area (Å²) in [6, 6.07) is 3.59. The Labute approximate surface area is 139 Å². The van der Waals surface area contributed by atoms with E-state index < -0.39 is 11.9 Å². The van der Waals surface area contributed by atoms with Gasteiger partial charge in [-0.1, -0.05) is 0 Å². The molecule has 0 bridgehead atoms. The zero-order valence-corrected chi connectivity index (χ0v) is 13.8. The predicted molar refractivity (Wildman–Crippen MR) is 83.5 cm³/mol. The van der Waals surface area contributed by atoms with E-state index in [0.29, 0.717) is 18.0 Å². The molecule has 0 unspecified atom stereocenters. The monoisotopic (exact) mass is 335 g/mol. The van der Waals surface area contributed by atoms with Crippen LogP contribution in [0.2, 0.25) is 0 Å². The third-order valence-electron chi connectivity index (χ3n) is 3.88. The smallest absolute Gasteiger partial charge is 0.231 e. The number of Topliss-reactive ketones (excluding diaryl/α,β-unsaturated/α-hetero) is 1. The standard InChI is InChI=1S/C17H21NO6/c1-17(2,21)24-13-6-12(19)3-10-4-14-15(23-9-22-14)5-11(10)8-18-16(20)7-13/h4-5,13,21H,3,6-9H2,1-2H3,(H,18,20)/t13-/m1/s1. The molecule has 0 spiro atoms. The lowest BCUT2D eigenvalue weighted by atomic mass is 9.96. The molecular weight excluding hydrogens is 314 g/mol. The van der Waals surface area contributed by atoms with Crippen molar-refractivity contribution < 1.29 is 28.9 Å². The Morgan fingerprint density at radius 2 is 1.83 bits per heavy atom. The number of ketones is 1. The van der Waals surface area contributed by atoms with E-state index in [4.69, 9.17) is 14.2 Å². The van der Waals surface area contributed by atoms with E-state index in [-0.39, 0.29) is 37.7 Å². The number of amides is 1. The molecule has 130 valence electrons. The molecule has 7 nitrogen and oxygen atoms in total. The van der Waals surface area contributed by atoms with Gasteiger partial charge in [-0.3, -0.25) is 9.59 Å². The van der Waals surface area contributed by atoms with Crippen LogP contribution in [0.3, 0.4) is 0 Å². The molecule has 1 amide bonds. The fraction of sp³-hybridized carbons (Fsp3) is 0.529. The summed E-state index contributed by atoms with van der Waals surface area (Å²) in [5.74, 6) is -0.467. The second-order valence-corrected chi connectivity index (χ2v) is 6.56. The number of nitrogens with one attached hydrogen (secondary N) is 1. The van der Waals surface area contributed by atoms with Crippen LogP contribution in [-0.4, -0.2) is 35.5 Å². The number of hydrogen-bond acceptors (Lipinski definition) is 6. The molecule has 1 aromatic rings. The van der Waals surface area contributed by atoms with Crippen molar-refractivity contribution in [3.63, 3.8) is 0 Å². The van der Waals surface area contributed by atoms with E-state index in [1.165, 1.54) is 13.8 Å². The Balaban J connectivity index is 1.84. The maximum atomic E-state index is 12.4. The lowest BCUT2D eigenvalue weighted by Gasteiger charge is -2.26. The molecule has 3 rings (SSSR count). The van der Waals surface area contributed by atoms with Crippen molar-refractivity contribution in [2.45, 2.75) is 51.5 Å². The summed E-state index contributed by atoms with van der Waals surface area (Å²) >= 11 is 0. The van der Waals surface area contributed by atoms with E-state index >= 15 is 0 Å². The van der Waals surface area contributed by atoms with Crippen molar-refractivity contribution in [2.75, 3.05) is 6.79 Å². The summed E-state index contributed by atoms with van der Waals surface area (Å²) in [6.45, 7) is 3.40. The molecule has 0 radical (unpaired) electrons.